The van der Waals surface area contributed by atoms with Crippen molar-refractivity contribution in [1.82, 2.24) is 0 Å². The zero-order valence-corrected chi connectivity index (χ0v) is 11.5. The number of nitrogens with one attached hydrogen (secondary N) is 1. The van der Waals surface area contributed by atoms with Gasteiger partial charge in [-0.15, -0.1) is 0 Å². The maximum Gasteiger partial charge on any atom is 0.312 e. The highest BCUT2D eigenvalue weighted by molar-refractivity contribution is 6.01. The summed E-state index contributed by atoms with van der Waals surface area (Å²) in [5.74, 6) is -1.62. The van der Waals surface area contributed by atoms with E-state index in [1.54, 1.807) is 0 Å². The van der Waals surface area contributed by atoms with Crippen LogP contribution in [0.1, 0.15) is 32.1 Å². The number of carboxylic acid groups (broad SMARTS) is 1. The van der Waals surface area contributed by atoms with Gasteiger partial charge in [-0.25, -0.2) is 0 Å². The molecule has 1 fully saturated rings. The molecule has 1 aliphatic heterocycles. The van der Waals surface area contributed by atoms with Gasteiger partial charge in [-0.1, -0.05) is 12.8 Å². The van der Waals surface area contributed by atoms with Gasteiger partial charge in [-0.3, -0.25) is 9.59 Å². The van der Waals surface area contributed by atoms with E-state index in [1.165, 1.54) is 25.7 Å². The second kappa shape index (κ2) is 6.93. The lowest BCUT2D eigenvalue weighted by Crippen LogP contribution is -2.23. The van der Waals surface area contributed by atoms with Gasteiger partial charge >= 0.3 is 5.97 Å². The van der Waals surface area contributed by atoms with Gasteiger partial charge < -0.3 is 15.3 Å². The Bertz CT molecular complexity index is 463. The molecule has 20 heavy (non-hydrogen) atoms. The smallest absolute Gasteiger partial charge is 0.312 e. The van der Waals surface area contributed by atoms with E-state index >= 15 is 0 Å². The molecule has 0 saturated carbocycles. The average molecular weight is 276 g/mol. The number of rotatable bonds is 4. The largest absolute Gasteiger partial charge is 0.481 e. The molecule has 0 spiro atoms. The van der Waals surface area contributed by atoms with Crippen LogP contribution in [0.5, 0.6) is 0 Å². The molecule has 5 nitrogen and oxygen atoms in total. The molecule has 0 aromatic heterocycles. The van der Waals surface area contributed by atoms with E-state index in [1.807, 2.05) is 24.3 Å². The van der Waals surface area contributed by atoms with Crippen molar-refractivity contribution in [3.63, 3.8) is 0 Å². The summed E-state index contributed by atoms with van der Waals surface area (Å²) >= 11 is 0. The van der Waals surface area contributed by atoms with Crippen molar-refractivity contribution in [1.29, 1.82) is 0 Å². The maximum atomic E-state index is 11.4. The van der Waals surface area contributed by atoms with E-state index in [0.717, 1.165) is 18.8 Å². The number of hydrogen-bond donors (Lipinski definition) is 2. The number of benzene rings is 1. The van der Waals surface area contributed by atoms with Crippen LogP contribution in [0.25, 0.3) is 0 Å². The molecular weight excluding hydrogens is 256 g/mol. The van der Waals surface area contributed by atoms with Crippen LogP contribution >= 0.6 is 0 Å². The predicted octanol–water partition coefficient (Wildman–Crippen LogP) is 2.48. The third-order valence-electron chi connectivity index (χ3n) is 3.43. The Kier molecular flexibility index (Phi) is 4.98. The summed E-state index contributed by atoms with van der Waals surface area (Å²) in [6, 6.07) is 7.59. The van der Waals surface area contributed by atoms with Crippen molar-refractivity contribution in [2.24, 2.45) is 0 Å². The lowest BCUT2D eigenvalue weighted by Gasteiger charge is -2.22. The van der Waals surface area contributed by atoms with Gasteiger partial charge in [0.1, 0.15) is 6.42 Å². The molecule has 5 heteroatoms. The van der Waals surface area contributed by atoms with Gasteiger partial charge in [0.15, 0.2) is 0 Å². The van der Waals surface area contributed by atoms with Gasteiger partial charge in [0.25, 0.3) is 0 Å². The molecule has 0 radical (unpaired) electrons. The van der Waals surface area contributed by atoms with Crippen molar-refractivity contribution in [3.05, 3.63) is 24.3 Å². The lowest BCUT2D eigenvalue weighted by molar-refractivity contribution is -0.139. The number of anilines is 2. The van der Waals surface area contributed by atoms with Crippen LogP contribution in [0, 0.1) is 0 Å². The van der Waals surface area contributed by atoms with Crippen LogP contribution in [0.3, 0.4) is 0 Å². The topological polar surface area (TPSA) is 69.6 Å². The van der Waals surface area contributed by atoms with Crippen molar-refractivity contribution in [2.75, 3.05) is 23.3 Å². The number of carbonyl (C=O) groups is 2. The van der Waals surface area contributed by atoms with E-state index in [0.29, 0.717) is 5.69 Å². The van der Waals surface area contributed by atoms with Crippen LogP contribution in [0.15, 0.2) is 24.3 Å². The van der Waals surface area contributed by atoms with Crippen LogP contribution < -0.4 is 10.2 Å². The molecule has 0 atom stereocenters. The fourth-order valence-electron chi connectivity index (χ4n) is 2.43. The summed E-state index contributed by atoms with van der Waals surface area (Å²) in [5.41, 5.74) is 1.79. The summed E-state index contributed by atoms with van der Waals surface area (Å²) in [6.45, 7) is 2.15. The first kappa shape index (κ1) is 14.4. The molecule has 1 aromatic rings. The van der Waals surface area contributed by atoms with Gasteiger partial charge in [0, 0.05) is 24.5 Å². The third kappa shape index (κ3) is 4.26. The Morgan fingerprint density at radius 2 is 1.65 bits per heavy atom. The molecule has 1 heterocycles. The minimum atomic E-state index is -1.12. The first-order valence-electron chi connectivity index (χ1n) is 7.02. The van der Waals surface area contributed by atoms with Crippen molar-refractivity contribution in [2.45, 2.75) is 32.1 Å². The molecule has 2 N–H and O–H groups in total. The van der Waals surface area contributed by atoms with E-state index < -0.39 is 18.3 Å². The number of carboxylic acids is 1. The number of hydrogen-bond acceptors (Lipinski definition) is 3. The van der Waals surface area contributed by atoms with E-state index in [9.17, 15) is 9.59 Å². The van der Waals surface area contributed by atoms with Crippen LogP contribution in [-0.4, -0.2) is 30.1 Å². The Balaban J connectivity index is 1.95. The Morgan fingerprint density at radius 3 is 2.20 bits per heavy atom. The highest BCUT2D eigenvalue weighted by atomic mass is 16.4. The summed E-state index contributed by atoms with van der Waals surface area (Å²) in [7, 11) is 0. The van der Waals surface area contributed by atoms with Gasteiger partial charge in [0.05, 0.1) is 0 Å². The molecule has 1 amide bonds. The molecule has 0 aliphatic carbocycles. The second-order valence-electron chi connectivity index (χ2n) is 5.07. The predicted molar refractivity (Wildman–Crippen MR) is 78.0 cm³/mol. The van der Waals surface area contributed by atoms with Crippen molar-refractivity contribution in [3.8, 4) is 0 Å². The molecule has 1 aromatic carbocycles. The second-order valence-corrected chi connectivity index (χ2v) is 5.07. The molecule has 1 aliphatic rings. The van der Waals surface area contributed by atoms with Gasteiger partial charge in [0.2, 0.25) is 5.91 Å². The highest BCUT2D eigenvalue weighted by Gasteiger charge is 2.11. The van der Waals surface area contributed by atoms with Gasteiger partial charge in [-0.2, -0.15) is 0 Å². The number of amides is 1. The average Bonchev–Trinajstić information content (AvgIpc) is 2.67. The number of nitrogens with zero attached hydrogens (tertiary/aromatic N) is 1. The normalized spacial score (nSPS) is 15.5. The van der Waals surface area contributed by atoms with Crippen molar-refractivity contribution >= 4 is 23.3 Å². The first-order chi connectivity index (χ1) is 9.65. The van der Waals surface area contributed by atoms with Gasteiger partial charge in [-0.05, 0) is 37.1 Å². The number of carbonyl (C=O) groups excluding carboxylic acids is 1. The van der Waals surface area contributed by atoms with Crippen LogP contribution in [0.2, 0.25) is 0 Å². The monoisotopic (exact) mass is 276 g/mol. The quantitative estimate of drug-likeness (QED) is 0.829. The summed E-state index contributed by atoms with van der Waals surface area (Å²) in [5, 5.41) is 11.1. The fraction of sp³-hybridized carbons (Fsp3) is 0.467. The van der Waals surface area contributed by atoms with E-state index in [2.05, 4.69) is 10.2 Å². The minimum absolute atomic E-state index is 0.500. The Hall–Kier alpha value is -2.04. The first-order valence-corrected chi connectivity index (χ1v) is 7.02. The van der Waals surface area contributed by atoms with Crippen LogP contribution in [-0.2, 0) is 9.59 Å². The summed E-state index contributed by atoms with van der Waals surface area (Å²) in [6.07, 6.45) is 4.52. The molecular formula is C15H20N2O3. The molecule has 108 valence electrons. The summed E-state index contributed by atoms with van der Waals surface area (Å²) < 4.78 is 0. The minimum Gasteiger partial charge on any atom is -0.481 e. The zero-order chi connectivity index (χ0) is 14.4. The van der Waals surface area contributed by atoms with Crippen molar-refractivity contribution < 1.29 is 14.7 Å². The molecule has 1 saturated heterocycles. The lowest BCUT2D eigenvalue weighted by atomic mass is 10.2. The standard InChI is InChI=1S/C15H20N2O3/c18-14(11-15(19)20)16-12-5-7-13(8-6-12)17-9-3-1-2-4-10-17/h5-8H,1-4,9-11H2,(H,16,18)(H,19,20). The molecule has 0 bridgehead atoms. The Morgan fingerprint density at radius 1 is 1.05 bits per heavy atom. The third-order valence-corrected chi connectivity index (χ3v) is 3.43. The highest BCUT2D eigenvalue weighted by Crippen LogP contribution is 2.21. The molecule has 2 rings (SSSR count). The summed E-state index contributed by atoms with van der Waals surface area (Å²) in [4.78, 5) is 24.1. The Labute approximate surface area is 118 Å². The zero-order valence-electron chi connectivity index (χ0n) is 11.5. The fourth-order valence-corrected chi connectivity index (χ4v) is 2.43. The maximum absolute atomic E-state index is 11.4. The number of aliphatic carboxylic acids is 1. The van der Waals surface area contributed by atoms with E-state index in [-0.39, 0.29) is 0 Å². The van der Waals surface area contributed by atoms with E-state index in [4.69, 9.17) is 5.11 Å². The molecule has 0 unspecified atom stereocenters. The van der Waals surface area contributed by atoms with Crippen LogP contribution in [0.4, 0.5) is 11.4 Å². The SMILES string of the molecule is O=C(O)CC(=O)Nc1ccc(N2CCCCCC2)cc1.